The van der Waals surface area contributed by atoms with Crippen LogP contribution in [0.25, 0.3) is 28.0 Å². The molecule has 1 amide bonds. The number of phenolic OH excluding ortho intramolecular Hbond substituents is 1. The van der Waals surface area contributed by atoms with Crippen molar-refractivity contribution in [2.45, 2.75) is 6.42 Å². The van der Waals surface area contributed by atoms with Gasteiger partial charge in [-0.05, 0) is 89.0 Å². The third-order valence-corrected chi connectivity index (χ3v) is 9.37. The monoisotopic (exact) mass is 670 g/mol. The van der Waals surface area contributed by atoms with Gasteiger partial charge in [-0.2, -0.15) is 0 Å². The maximum Gasteiger partial charge on any atom is 0.335 e. The van der Waals surface area contributed by atoms with E-state index < -0.39 is 5.97 Å². The lowest BCUT2D eigenvalue weighted by atomic mass is 9.99. The van der Waals surface area contributed by atoms with Crippen molar-refractivity contribution in [2.24, 2.45) is 0 Å². The number of carboxylic acid groups (broad SMARTS) is 1. The molecule has 2 aliphatic heterocycles. The van der Waals surface area contributed by atoms with Gasteiger partial charge < -0.3 is 24.4 Å². The summed E-state index contributed by atoms with van der Waals surface area (Å²) in [6, 6.07) is 23.6. The van der Waals surface area contributed by atoms with Crippen molar-refractivity contribution in [3.8, 4) is 28.4 Å². The normalized spacial score (nSPS) is 16.3. The molecule has 6 rings (SSSR count). The highest BCUT2D eigenvalue weighted by molar-refractivity contribution is 8.26. The molecular formula is C36H34N2O7S2. The van der Waals surface area contributed by atoms with Crippen LogP contribution in [0.15, 0.2) is 83.8 Å². The van der Waals surface area contributed by atoms with E-state index in [0.29, 0.717) is 46.9 Å². The molecule has 2 saturated heterocycles. The van der Waals surface area contributed by atoms with Gasteiger partial charge in [0.25, 0.3) is 5.91 Å². The summed E-state index contributed by atoms with van der Waals surface area (Å²) in [4.78, 5) is 29.0. The van der Waals surface area contributed by atoms with Gasteiger partial charge in [0.05, 0.1) is 30.3 Å². The van der Waals surface area contributed by atoms with Gasteiger partial charge >= 0.3 is 5.97 Å². The van der Waals surface area contributed by atoms with E-state index in [4.69, 9.17) is 31.5 Å². The van der Waals surface area contributed by atoms with Crippen molar-refractivity contribution in [3.63, 3.8) is 0 Å². The molecule has 0 saturated carbocycles. The number of rotatable bonds is 12. The third kappa shape index (κ3) is 8.12. The lowest BCUT2D eigenvalue weighted by molar-refractivity contribution is -0.122. The van der Waals surface area contributed by atoms with Crippen molar-refractivity contribution < 1.29 is 34.0 Å². The predicted molar refractivity (Wildman–Crippen MR) is 187 cm³/mol. The van der Waals surface area contributed by atoms with E-state index in [1.165, 1.54) is 23.9 Å². The molecular weight excluding hydrogens is 637 g/mol. The lowest BCUT2D eigenvalue weighted by Crippen LogP contribution is -2.38. The average molecular weight is 671 g/mol. The summed E-state index contributed by atoms with van der Waals surface area (Å²) in [5, 5.41) is 20.9. The summed E-state index contributed by atoms with van der Waals surface area (Å²) in [5.41, 5.74) is 2.94. The number of carbonyl (C=O) groups excluding carboxylic acids is 1. The molecule has 0 radical (unpaired) electrons. The second-order valence-corrected chi connectivity index (χ2v) is 12.8. The first kappa shape index (κ1) is 32.5. The van der Waals surface area contributed by atoms with E-state index in [1.807, 2.05) is 42.5 Å². The Morgan fingerprint density at radius 3 is 2.40 bits per heavy atom. The number of phenols is 1. The SMILES string of the molecule is O=C(O)c1ccc(OCCCN2C(=O)C(=Cc3cc(-c4ccc5cc(O)ccc5c4)ccc3OCCN3CCOCC3)SC2=S)cc1. The van der Waals surface area contributed by atoms with Gasteiger partial charge in [-0.15, -0.1) is 0 Å². The highest BCUT2D eigenvalue weighted by atomic mass is 32.2. The number of thiocarbonyl (C=S) groups is 1. The van der Waals surface area contributed by atoms with E-state index in [2.05, 4.69) is 11.0 Å². The second kappa shape index (κ2) is 15.0. The number of aromatic hydroxyl groups is 1. The Bertz CT molecular complexity index is 1820. The first-order valence-corrected chi connectivity index (χ1v) is 16.6. The van der Waals surface area contributed by atoms with Gasteiger partial charge in [0, 0.05) is 31.7 Å². The quantitative estimate of drug-likeness (QED) is 0.101. The molecule has 4 aromatic carbocycles. The summed E-state index contributed by atoms with van der Waals surface area (Å²) in [6.45, 7) is 5.20. The number of carboxylic acids is 1. The summed E-state index contributed by atoms with van der Waals surface area (Å²) >= 11 is 6.86. The number of nitrogens with zero attached hydrogens (tertiary/aromatic N) is 2. The fraction of sp³-hybridized carbons (Fsp3) is 0.250. The molecule has 2 aliphatic rings. The summed E-state index contributed by atoms with van der Waals surface area (Å²) in [6.07, 6.45) is 2.40. The molecule has 0 atom stereocenters. The standard InChI is InChI=1S/C36H34N2O7S2/c39-30-8-4-26-20-25(2-3-28(26)22-30)27-7-11-32(45-19-15-37-13-17-43-18-14-37)29(21-27)23-33-34(40)38(36(46)47-33)12-1-16-44-31-9-5-24(6-10-31)35(41)42/h2-11,20-23,39H,1,12-19H2,(H,41,42). The number of thioether (sulfide) groups is 1. The van der Waals surface area contributed by atoms with Gasteiger partial charge in [0.1, 0.15) is 28.2 Å². The number of benzene rings is 4. The first-order valence-electron chi connectivity index (χ1n) is 15.4. The predicted octanol–water partition coefficient (Wildman–Crippen LogP) is 6.29. The minimum Gasteiger partial charge on any atom is -0.508 e. The Labute approximate surface area is 282 Å². The first-order chi connectivity index (χ1) is 22.8. The van der Waals surface area contributed by atoms with Crippen LogP contribution < -0.4 is 9.47 Å². The number of hydrogen-bond acceptors (Lipinski definition) is 9. The van der Waals surface area contributed by atoms with E-state index in [1.54, 1.807) is 29.2 Å². The number of ether oxygens (including phenoxy) is 3. The Hall–Kier alpha value is -4.42. The number of aromatic carboxylic acids is 1. The van der Waals surface area contributed by atoms with Gasteiger partial charge in [0.15, 0.2) is 0 Å². The second-order valence-electron chi connectivity index (χ2n) is 11.2. The Kier molecular flexibility index (Phi) is 10.4. The molecule has 0 unspecified atom stereocenters. The third-order valence-electron chi connectivity index (χ3n) is 7.99. The molecule has 11 heteroatoms. The Morgan fingerprint density at radius 2 is 1.62 bits per heavy atom. The minimum atomic E-state index is -0.993. The average Bonchev–Trinajstić information content (AvgIpc) is 3.35. The molecule has 2 heterocycles. The van der Waals surface area contributed by atoms with Crippen LogP contribution in [0.1, 0.15) is 22.3 Å². The smallest absolute Gasteiger partial charge is 0.335 e. The van der Waals surface area contributed by atoms with Gasteiger partial charge in [-0.3, -0.25) is 14.6 Å². The molecule has 2 N–H and O–H groups in total. The van der Waals surface area contributed by atoms with Crippen molar-refractivity contribution in [2.75, 3.05) is 52.6 Å². The molecule has 9 nitrogen and oxygen atoms in total. The topological polar surface area (TPSA) is 109 Å². The molecule has 4 aromatic rings. The van der Waals surface area contributed by atoms with Crippen LogP contribution in [0.5, 0.6) is 17.2 Å². The van der Waals surface area contributed by atoms with Crippen molar-refractivity contribution in [3.05, 3.63) is 94.9 Å². The number of morpholine rings is 1. The number of carbonyl (C=O) groups is 2. The van der Waals surface area contributed by atoms with Crippen LogP contribution in [0.4, 0.5) is 0 Å². The zero-order chi connectivity index (χ0) is 32.8. The molecule has 0 spiro atoms. The van der Waals surface area contributed by atoms with Gasteiger partial charge in [0.2, 0.25) is 0 Å². The molecule has 0 bridgehead atoms. The van der Waals surface area contributed by atoms with Crippen LogP contribution in [0, 0.1) is 0 Å². The molecule has 0 aliphatic carbocycles. The lowest BCUT2D eigenvalue weighted by Gasteiger charge is -2.26. The minimum absolute atomic E-state index is 0.166. The number of hydrogen-bond donors (Lipinski definition) is 2. The summed E-state index contributed by atoms with van der Waals surface area (Å²) in [5.74, 6) is 0.309. The summed E-state index contributed by atoms with van der Waals surface area (Å²) in [7, 11) is 0. The van der Waals surface area contributed by atoms with Crippen molar-refractivity contribution >= 4 is 57.0 Å². The van der Waals surface area contributed by atoms with Gasteiger partial charge in [-0.25, -0.2) is 4.79 Å². The fourth-order valence-electron chi connectivity index (χ4n) is 5.43. The highest BCUT2D eigenvalue weighted by Crippen LogP contribution is 2.36. The molecule has 242 valence electrons. The van der Waals surface area contributed by atoms with Gasteiger partial charge in [-0.1, -0.05) is 48.2 Å². The van der Waals surface area contributed by atoms with E-state index in [-0.39, 0.29) is 17.2 Å². The Morgan fingerprint density at radius 1 is 0.894 bits per heavy atom. The van der Waals surface area contributed by atoms with Crippen LogP contribution in [-0.4, -0.2) is 88.8 Å². The summed E-state index contributed by atoms with van der Waals surface area (Å²) < 4.78 is 18.0. The Balaban J connectivity index is 1.17. The van der Waals surface area contributed by atoms with Crippen LogP contribution in [0.3, 0.4) is 0 Å². The van der Waals surface area contributed by atoms with Crippen molar-refractivity contribution in [1.29, 1.82) is 0 Å². The molecule has 2 fully saturated rings. The zero-order valence-corrected chi connectivity index (χ0v) is 27.2. The maximum absolute atomic E-state index is 13.5. The number of amides is 1. The molecule has 0 aromatic heterocycles. The zero-order valence-electron chi connectivity index (χ0n) is 25.6. The van der Waals surface area contributed by atoms with Crippen LogP contribution in [0.2, 0.25) is 0 Å². The van der Waals surface area contributed by atoms with E-state index in [9.17, 15) is 14.7 Å². The van der Waals surface area contributed by atoms with Crippen LogP contribution in [-0.2, 0) is 9.53 Å². The number of fused-ring (bicyclic) bond motifs is 1. The maximum atomic E-state index is 13.5. The van der Waals surface area contributed by atoms with E-state index in [0.717, 1.165) is 60.3 Å². The fourth-order valence-corrected chi connectivity index (χ4v) is 6.73. The van der Waals surface area contributed by atoms with Crippen LogP contribution >= 0.6 is 24.0 Å². The van der Waals surface area contributed by atoms with E-state index >= 15 is 0 Å². The molecule has 47 heavy (non-hydrogen) atoms. The highest BCUT2D eigenvalue weighted by Gasteiger charge is 2.32. The van der Waals surface area contributed by atoms with Crippen molar-refractivity contribution in [1.82, 2.24) is 9.80 Å². The largest absolute Gasteiger partial charge is 0.508 e.